The molecule has 1 rings (SSSR count). The van der Waals surface area contributed by atoms with Crippen molar-refractivity contribution in [3.05, 3.63) is 35.4 Å². The fraction of sp³-hybridized carbons (Fsp3) is 0.500. The lowest BCUT2D eigenvalue weighted by atomic mass is 9.90. The van der Waals surface area contributed by atoms with Crippen LogP contribution >= 0.6 is 11.8 Å². The van der Waals surface area contributed by atoms with E-state index in [9.17, 15) is 18.4 Å². The highest BCUT2D eigenvalue weighted by Gasteiger charge is 2.33. The Labute approximate surface area is 139 Å². The smallest absolute Gasteiger partial charge is 0.246 e. The first-order chi connectivity index (χ1) is 10.6. The van der Waals surface area contributed by atoms with Gasteiger partial charge in [-0.15, -0.1) is 0 Å². The fourth-order valence-electron chi connectivity index (χ4n) is 2.21. The van der Waals surface area contributed by atoms with Crippen LogP contribution in [-0.2, 0) is 9.59 Å². The molecule has 0 aromatic heterocycles. The van der Waals surface area contributed by atoms with Gasteiger partial charge in [-0.25, -0.2) is 8.78 Å². The van der Waals surface area contributed by atoms with Crippen molar-refractivity contribution in [2.24, 2.45) is 5.41 Å². The lowest BCUT2D eigenvalue weighted by Gasteiger charge is -2.29. The van der Waals surface area contributed by atoms with Gasteiger partial charge in [-0.05, 0) is 29.4 Å². The van der Waals surface area contributed by atoms with E-state index in [-0.39, 0.29) is 22.1 Å². The van der Waals surface area contributed by atoms with Crippen molar-refractivity contribution in [2.75, 3.05) is 13.3 Å². The molecule has 23 heavy (non-hydrogen) atoms. The Kier molecular flexibility index (Phi) is 6.56. The van der Waals surface area contributed by atoms with Gasteiger partial charge in [0, 0.05) is 7.05 Å². The molecule has 4 nitrogen and oxygen atoms in total. The summed E-state index contributed by atoms with van der Waals surface area (Å²) in [7, 11) is 1.41. The summed E-state index contributed by atoms with van der Waals surface area (Å²) >= 11 is 1.37. The zero-order valence-corrected chi connectivity index (χ0v) is 14.7. The number of carbonyl (C=O) groups excluding carboxylic acids is 2. The number of nitrogens with one attached hydrogen (secondary N) is 2. The Bertz CT molecular complexity index is 588. The topological polar surface area (TPSA) is 58.2 Å². The van der Waals surface area contributed by atoms with Crippen LogP contribution in [0, 0.1) is 17.0 Å². The SMILES string of the molecule is CNC(=O)[C@H](NC(=O)[C@H](SC)C(C)(C)C)c1ccc(F)c(F)c1. The lowest BCUT2D eigenvalue weighted by molar-refractivity contribution is -0.129. The van der Waals surface area contributed by atoms with Crippen LogP contribution in [0.15, 0.2) is 18.2 Å². The summed E-state index contributed by atoms with van der Waals surface area (Å²) < 4.78 is 26.5. The summed E-state index contributed by atoms with van der Waals surface area (Å²) in [4.78, 5) is 24.6. The predicted octanol–water partition coefficient (Wildman–Crippen LogP) is 2.65. The molecule has 2 amide bonds. The van der Waals surface area contributed by atoms with Gasteiger partial charge in [0.2, 0.25) is 11.8 Å². The summed E-state index contributed by atoms with van der Waals surface area (Å²) in [6.07, 6.45) is 1.81. The summed E-state index contributed by atoms with van der Waals surface area (Å²) in [5.74, 6) is -2.91. The van der Waals surface area contributed by atoms with Gasteiger partial charge in [0.15, 0.2) is 11.6 Å². The van der Waals surface area contributed by atoms with Crippen molar-refractivity contribution in [3.8, 4) is 0 Å². The van der Waals surface area contributed by atoms with Gasteiger partial charge < -0.3 is 10.6 Å². The first-order valence-corrected chi connectivity index (χ1v) is 8.40. The summed E-state index contributed by atoms with van der Waals surface area (Å²) in [5.41, 5.74) is -0.129. The standard InChI is InChI=1S/C16H22F2N2O2S/c1-16(2,3)13(23-5)15(22)20-12(14(21)19-4)9-6-7-10(17)11(18)8-9/h6-8,12-13H,1-5H3,(H,19,21)(H,20,22)/t12-,13+/m1/s1. The second-order valence-electron chi connectivity index (χ2n) is 6.21. The van der Waals surface area contributed by atoms with Crippen molar-refractivity contribution in [2.45, 2.75) is 32.1 Å². The van der Waals surface area contributed by atoms with Gasteiger partial charge in [-0.3, -0.25) is 9.59 Å². The van der Waals surface area contributed by atoms with Gasteiger partial charge in [0.25, 0.3) is 0 Å². The van der Waals surface area contributed by atoms with Gasteiger partial charge >= 0.3 is 0 Å². The fourth-order valence-corrected chi connectivity index (χ4v) is 3.20. The van der Waals surface area contributed by atoms with Gasteiger partial charge in [-0.1, -0.05) is 26.8 Å². The number of rotatable bonds is 5. The van der Waals surface area contributed by atoms with Crippen LogP contribution in [0.5, 0.6) is 0 Å². The van der Waals surface area contributed by atoms with Gasteiger partial charge in [-0.2, -0.15) is 11.8 Å². The molecule has 0 aliphatic heterocycles. The van der Waals surface area contributed by atoms with E-state index < -0.39 is 23.6 Å². The van der Waals surface area contributed by atoms with E-state index in [1.807, 2.05) is 27.0 Å². The summed E-state index contributed by atoms with van der Waals surface area (Å²) in [5, 5.41) is 4.66. The summed E-state index contributed by atoms with van der Waals surface area (Å²) in [6, 6.07) is 2.05. The molecule has 2 atom stereocenters. The number of benzene rings is 1. The third kappa shape index (κ3) is 4.92. The minimum absolute atomic E-state index is 0.186. The van der Waals surface area contributed by atoms with Gasteiger partial charge in [0.1, 0.15) is 6.04 Å². The number of amides is 2. The normalized spacial score (nSPS) is 14.0. The van der Waals surface area contributed by atoms with E-state index >= 15 is 0 Å². The van der Waals surface area contributed by atoms with Crippen LogP contribution in [0.2, 0.25) is 0 Å². The highest BCUT2D eigenvalue weighted by Crippen LogP contribution is 2.29. The molecule has 1 aromatic rings. The quantitative estimate of drug-likeness (QED) is 0.863. The zero-order chi connectivity index (χ0) is 17.8. The lowest BCUT2D eigenvalue weighted by Crippen LogP contribution is -2.46. The molecular formula is C16H22F2N2O2S. The van der Waals surface area contributed by atoms with E-state index in [2.05, 4.69) is 10.6 Å². The maximum atomic E-state index is 13.4. The van der Waals surface area contributed by atoms with E-state index in [1.165, 1.54) is 24.9 Å². The van der Waals surface area contributed by atoms with E-state index in [4.69, 9.17) is 0 Å². The second kappa shape index (κ2) is 7.77. The maximum absolute atomic E-state index is 13.4. The Morgan fingerprint density at radius 3 is 2.17 bits per heavy atom. The van der Waals surface area contributed by atoms with Crippen LogP contribution in [0.25, 0.3) is 0 Å². The number of carbonyl (C=O) groups is 2. The second-order valence-corrected chi connectivity index (χ2v) is 7.15. The zero-order valence-electron chi connectivity index (χ0n) is 13.9. The molecule has 128 valence electrons. The van der Waals surface area contributed by atoms with E-state index in [1.54, 1.807) is 0 Å². The third-order valence-electron chi connectivity index (χ3n) is 3.33. The molecule has 0 heterocycles. The Morgan fingerprint density at radius 1 is 1.13 bits per heavy atom. The number of hydrogen-bond donors (Lipinski definition) is 2. The minimum atomic E-state index is -1.08. The average Bonchev–Trinajstić information content (AvgIpc) is 2.46. The van der Waals surface area contributed by atoms with Crippen LogP contribution in [0.4, 0.5) is 8.78 Å². The molecule has 0 saturated carbocycles. The molecule has 0 unspecified atom stereocenters. The monoisotopic (exact) mass is 344 g/mol. The molecule has 0 bridgehead atoms. The van der Waals surface area contributed by atoms with Gasteiger partial charge in [0.05, 0.1) is 5.25 Å². The first kappa shape index (κ1) is 19.4. The average molecular weight is 344 g/mol. The molecule has 1 aromatic carbocycles. The summed E-state index contributed by atoms with van der Waals surface area (Å²) in [6.45, 7) is 5.75. The van der Waals surface area contributed by atoms with Crippen molar-refractivity contribution in [3.63, 3.8) is 0 Å². The largest absolute Gasteiger partial charge is 0.357 e. The highest BCUT2D eigenvalue weighted by molar-refractivity contribution is 8.00. The molecule has 0 aliphatic rings. The van der Waals surface area contributed by atoms with Crippen LogP contribution in [0.3, 0.4) is 0 Å². The number of likely N-dealkylation sites (N-methyl/N-ethyl adjacent to an activating group) is 1. The Balaban J connectivity index is 3.11. The molecule has 7 heteroatoms. The van der Waals surface area contributed by atoms with Crippen molar-refractivity contribution >= 4 is 23.6 Å². The Hall–Kier alpha value is -1.63. The highest BCUT2D eigenvalue weighted by atomic mass is 32.2. The molecule has 0 spiro atoms. The predicted molar refractivity (Wildman–Crippen MR) is 88.1 cm³/mol. The maximum Gasteiger partial charge on any atom is 0.246 e. The molecule has 0 radical (unpaired) electrons. The molecule has 2 N–H and O–H groups in total. The van der Waals surface area contributed by atoms with E-state index in [0.717, 1.165) is 12.1 Å². The minimum Gasteiger partial charge on any atom is -0.357 e. The first-order valence-electron chi connectivity index (χ1n) is 7.11. The number of hydrogen-bond acceptors (Lipinski definition) is 3. The molecular weight excluding hydrogens is 322 g/mol. The van der Waals surface area contributed by atoms with Crippen LogP contribution in [0.1, 0.15) is 32.4 Å². The molecule has 0 saturated heterocycles. The number of halogens is 2. The Morgan fingerprint density at radius 2 is 1.74 bits per heavy atom. The van der Waals surface area contributed by atoms with Crippen LogP contribution in [-0.4, -0.2) is 30.4 Å². The third-order valence-corrected chi connectivity index (χ3v) is 4.73. The van der Waals surface area contributed by atoms with Crippen LogP contribution < -0.4 is 10.6 Å². The molecule has 0 fully saturated rings. The number of thioether (sulfide) groups is 1. The van der Waals surface area contributed by atoms with Crippen molar-refractivity contribution in [1.29, 1.82) is 0 Å². The van der Waals surface area contributed by atoms with Crippen molar-refractivity contribution in [1.82, 2.24) is 10.6 Å². The van der Waals surface area contributed by atoms with Crippen molar-refractivity contribution < 1.29 is 18.4 Å². The van der Waals surface area contributed by atoms with E-state index in [0.29, 0.717) is 0 Å². The molecule has 0 aliphatic carbocycles.